The van der Waals surface area contributed by atoms with E-state index in [-0.39, 0.29) is 5.78 Å². The van der Waals surface area contributed by atoms with Crippen LogP contribution in [0.2, 0.25) is 0 Å². The van der Waals surface area contributed by atoms with Crippen LogP contribution in [0, 0.1) is 0 Å². The first-order chi connectivity index (χ1) is 5.36. The molecule has 11 heavy (non-hydrogen) atoms. The number of anilines is 1. The van der Waals surface area contributed by atoms with Crippen LogP contribution >= 0.6 is 11.5 Å². The van der Waals surface area contributed by atoms with Crippen molar-refractivity contribution in [2.24, 2.45) is 0 Å². The molecule has 1 aromatic heterocycles. The molecule has 0 saturated carbocycles. The summed E-state index contributed by atoms with van der Waals surface area (Å²) in [5, 5.41) is 7.97. The molecule has 1 aromatic rings. The van der Waals surface area contributed by atoms with E-state index in [0.29, 0.717) is 13.0 Å². The Kier molecular flexibility index (Phi) is 1.54. The molecule has 1 aliphatic rings. The maximum Gasteiger partial charge on any atom is 0.228 e. The zero-order valence-electron chi connectivity index (χ0n) is 5.73. The van der Waals surface area contributed by atoms with Gasteiger partial charge in [0, 0.05) is 24.5 Å². The fourth-order valence-electron chi connectivity index (χ4n) is 1.04. The lowest BCUT2D eigenvalue weighted by molar-refractivity contribution is -0.116. The van der Waals surface area contributed by atoms with E-state index in [4.69, 9.17) is 0 Å². The Hall–Kier alpha value is -1.04. The maximum absolute atomic E-state index is 10.8. The summed E-state index contributed by atoms with van der Waals surface area (Å²) in [6, 6.07) is 0. The van der Waals surface area contributed by atoms with Crippen LogP contribution in [0.4, 0.5) is 5.13 Å². The van der Waals surface area contributed by atoms with Crippen LogP contribution in [0.3, 0.4) is 0 Å². The fraction of sp³-hybridized carbons (Fsp3) is 0.600. The molecule has 58 valence electrons. The van der Waals surface area contributed by atoms with Crippen LogP contribution in [0.1, 0.15) is 6.42 Å². The number of carbonyl (C=O) groups is 1. The average molecular weight is 170 g/mol. The van der Waals surface area contributed by atoms with Crippen molar-refractivity contribution in [2.75, 3.05) is 18.0 Å². The van der Waals surface area contributed by atoms with Gasteiger partial charge in [-0.1, -0.05) is 9.59 Å². The highest BCUT2D eigenvalue weighted by Gasteiger charge is 2.21. The smallest absolute Gasteiger partial charge is 0.228 e. The van der Waals surface area contributed by atoms with Crippen molar-refractivity contribution in [1.29, 1.82) is 0 Å². The second kappa shape index (κ2) is 2.54. The second-order valence-corrected chi connectivity index (χ2v) is 3.07. The molecular weight excluding hydrogens is 164 g/mol. The predicted octanol–water partition coefficient (Wildman–Crippen LogP) is -0.288. The van der Waals surface area contributed by atoms with E-state index < -0.39 is 0 Å². The summed E-state index contributed by atoms with van der Waals surface area (Å²) in [6.07, 6.45) is 0.625. The molecule has 2 rings (SSSR count). The van der Waals surface area contributed by atoms with Crippen molar-refractivity contribution in [3.05, 3.63) is 0 Å². The Labute approximate surface area is 67.2 Å². The minimum Gasteiger partial charge on any atom is -0.338 e. The number of carbonyl (C=O) groups excluding carboxylic acids is 1. The summed E-state index contributed by atoms with van der Waals surface area (Å²) in [5.74, 6) is 0.264. The first kappa shape index (κ1) is 6.66. The number of hydrogen-bond acceptors (Lipinski definition) is 6. The summed E-state index contributed by atoms with van der Waals surface area (Å²) in [6.45, 7) is 1.23. The molecule has 0 unspecified atom stereocenters. The molecule has 1 saturated heterocycles. The number of nitrogens with zero attached hydrogens (tertiary/aromatic N) is 4. The van der Waals surface area contributed by atoms with Gasteiger partial charge in [0.05, 0.1) is 6.54 Å². The minimum absolute atomic E-state index is 0.264. The SMILES string of the molecule is O=C1CCN(c2nnns2)C1. The van der Waals surface area contributed by atoms with Gasteiger partial charge in [-0.2, -0.15) is 0 Å². The highest BCUT2D eigenvalue weighted by Crippen LogP contribution is 2.17. The second-order valence-electron chi connectivity index (χ2n) is 2.36. The number of hydrogen-bond donors (Lipinski definition) is 0. The van der Waals surface area contributed by atoms with Gasteiger partial charge < -0.3 is 4.90 Å². The molecule has 6 heteroatoms. The summed E-state index contributed by atoms with van der Waals surface area (Å²) in [4.78, 5) is 12.7. The van der Waals surface area contributed by atoms with Crippen LogP contribution in [0.5, 0.6) is 0 Å². The quantitative estimate of drug-likeness (QED) is 0.579. The molecule has 0 N–H and O–H groups in total. The lowest BCUT2D eigenvalue weighted by Gasteiger charge is -2.08. The maximum atomic E-state index is 10.8. The third kappa shape index (κ3) is 1.21. The van der Waals surface area contributed by atoms with E-state index in [9.17, 15) is 4.79 Å². The number of ketones is 1. The first-order valence-corrected chi connectivity index (χ1v) is 4.05. The molecule has 1 fully saturated rings. The Morgan fingerprint density at radius 3 is 3.00 bits per heavy atom. The number of rotatable bonds is 1. The number of aromatic nitrogens is 3. The highest BCUT2D eigenvalue weighted by atomic mass is 32.1. The Balaban J connectivity index is 2.13. The van der Waals surface area contributed by atoms with E-state index in [1.165, 1.54) is 11.5 Å². The molecule has 0 atom stereocenters. The molecule has 0 bridgehead atoms. The zero-order chi connectivity index (χ0) is 7.68. The van der Waals surface area contributed by atoms with Crippen LogP contribution in [-0.2, 0) is 4.79 Å². The third-order valence-corrected chi connectivity index (χ3v) is 2.25. The molecule has 2 heterocycles. The van der Waals surface area contributed by atoms with Gasteiger partial charge >= 0.3 is 0 Å². The van der Waals surface area contributed by atoms with Gasteiger partial charge in [0.15, 0.2) is 5.78 Å². The summed E-state index contributed by atoms with van der Waals surface area (Å²) in [5.41, 5.74) is 0. The fourth-order valence-corrected chi connectivity index (χ4v) is 1.53. The van der Waals surface area contributed by atoms with E-state index in [2.05, 4.69) is 14.8 Å². The molecule has 0 spiro atoms. The van der Waals surface area contributed by atoms with Crippen molar-refractivity contribution in [3.8, 4) is 0 Å². The van der Waals surface area contributed by atoms with Gasteiger partial charge in [0.2, 0.25) is 5.13 Å². The molecule has 1 aliphatic heterocycles. The Bertz CT molecular complexity index is 259. The zero-order valence-corrected chi connectivity index (χ0v) is 6.54. The summed E-state index contributed by atoms with van der Waals surface area (Å²) in [7, 11) is 0. The van der Waals surface area contributed by atoms with Crippen molar-refractivity contribution in [2.45, 2.75) is 6.42 Å². The summed E-state index contributed by atoms with van der Waals surface area (Å²) < 4.78 is 3.62. The molecule has 0 radical (unpaired) electrons. The lowest BCUT2D eigenvalue weighted by atomic mass is 10.4. The van der Waals surface area contributed by atoms with Gasteiger partial charge in [-0.25, -0.2) is 0 Å². The number of Topliss-reactive ketones (excluding diaryl/α,β-unsaturated/α-hetero) is 1. The van der Waals surface area contributed by atoms with Gasteiger partial charge in [-0.15, -0.1) is 0 Å². The van der Waals surface area contributed by atoms with E-state index in [0.717, 1.165) is 11.7 Å². The van der Waals surface area contributed by atoms with Gasteiger partial charge in [-0.05, 0) is 5.21 Å². The molecule has 0 aromatic carbocycles. The van der Waals surface area contributed by atoms with Crippen LogP contribution < -0.4 is 4.90 Å². The predicted molar refractivity (Wildman–Crippen MR) is 39.5 cm³/mol. The van der Waals surface area contributed by atoms with Crippen LogP contribution in [0.25, 0.3) is 0 Å². The third-order valence-electron chi connectivity index (χ3n) is 1.59. The lowest BCUT2D eigenvalue weighted by Crippen LogP contribution is -2.19. The molecule has 5 nitrogen and oxygen atoms in total. The molecule has 0 amide bonds. The van der Waals surface area contributed by atoms with Gasteiger partial charge in [0.25, 0.3) is 0 Å². The topological polar surface area (TPSA) is 59.0 Å². The Morgan fingerprint density at radius 2 is 2.45 bits per heavy atom. The molecular formula is C5H6N4OS. The van der Waals surface area contributed by atoms with E-state index in [1.807, 2.05) is 4.90 Å². The van der Waals surface area contributed by atoms with Crippen molar-refractivity contribution in [1.82, 2.24) is 14.8 Å². The first-order valence-electron chi connectivity index (χ1n) is 3.28. The van der Waals surface area contributed by atoms with Crippen LogP contribution in [0.15, 0.2) is 0 Å². The average Bonchev–Trinajstić information content (AvgIpc) is 2.55. The monoisotopic (exact) mass is 170 g/mol. The van der Waals surface area contributed by atoms with E-state index in [1.54, 1.807) is 0 Å². The largest absolute Gasteiger partial charge is 0.338 e. The van der Waals surface area contributed by atoms with Crippen LogP contribution in [-0.4, -0.2) is 33.7 Å². The van der Waals surface area contributed by atoms with Crippen molar-refractivity contribution < 1.29 is 4.79 Å². The van der Waals surface area contributed by atoms with E-state index >= 15 is 0 Å². The van der Waals surface area contributed by atoms with Gasteiger partial charge in [0.1, 0.15) is 0 Å². The Morgan fingerprint density at radius 1 is 1.55 bits per heavy atom. The summed E-state index contributed by atoms with van der Waals surface area (Å²) >= 11 is 1.22. The highest BCUT2D eigenvalue weighted by molar-refractivity contribution is 7.09. The standard InChI is InChI=1S/C5H6N4OS/c10-4-1-2-9(3-4)5-6-7-8-11-5/h1-3H2. The van der Waals surface area contributed by atoms with Crippen molar-refractivity contribution in [3.63, 3.8) is 0 Å². The van der Waals surface area contributed by atoms with Crippen molar-refractivity contribution >= 4 is 22.4 Å². The normalized spacial score (nSPS) is 17.8. The minimum atomic E-state index is 0.264. The molecule has 0 aliphatic carbocycles. The van der Waals surface area contributed by atoms with Gasteiger partial charge in [-0.3, -0.25) is 4.79 Å².